The van der Waals surface area contributed by atoms with Gasteiger partial charge in [-0.2, -0.15) is 0 Å². The van der Waals surface area contributed by atoms with Gasteiger partial charge in [-0.1, -0.05) is 38.3 Å². The van der Waals surface area contributed by atoms with Gasteiger partial charge >= 0.3 is 0 Å². The molecular weight excluding hydrogens is 280 g/mol. The number of benzene rings is 1. The predicted octanol–water partition coefficient (Wildman–Crippen LogP) is 3.80. The first kappa shape index (κ1) is 16.4. The third kappa shape index (κ3) is 5.17. The molecule has 0 spiro atoms. The van der Waals surface area contributed by atoms with Crippen LogP contribution < -0.4 is 5.32 Å². The second-order valence-electron chi connectivity index (χ2n) is 5.07. The number of hydrogen-bond donors (Lipinski definition) is 1. The average molecular weight is 299 g/mol. The highest BCUT2D eigenvalue weighted by Crippen LogP contribution is 2.21. The summed E-state index contributed by atoms with van der Waals surface area (Å²) in [6.07, 6.45) is 3.05. The number of non-ortho nitro benzene ring substituents is 1. The van der Waals surface area contributed by atoms with Gasteiger partial charge < -0.3 is 5.32 Å². The Kier molecular flexibility index (Phi) is 6.45. The minimum atomic E-state index is -0.546. The molecule has 0 atom stereocenters. The Morgan fingerprint density at radius 1 is 1.40 bits per heavy atom. The number of nitrogens with one attached hydrogen (secondary N) is 1. The Morgan fingerprint density at radius 2 is 2.10 bits per heavy atom. The first-order chi connectivity index (χ1) is 9.41. The van der Waals surface area contributed by atoms with Gasteiger partial charge in [0.25, 0.3) is 11.6 Å². The number of hydrogen-bond acceptors (Lipinski definition) is 3. The number of nitro groups is 1. The number of amides is 1. The van der Waals surface area contributed by atoms with E-state index in [9.17, 15) is 14.9 Å². The van der Waals surface area contributed by atoms with E-state index in [1.165, 1.54) is 18.2 Å². The van der Waals surface area contributed by atoms with Crippen molar-refractivity contribution in [3.8, 4) is 0 Å². The summed E-state index contributed by atoms with van der Waals surface area (Å²) in [5.41, 5.74) is 0.00378. The lowest BCUT2D eigenvalue weighted by Gasteiger charge is -2.07. The van der Waals surface area contributed by atoms with E-state index >= 15 is 0 Å². The molecule has 5 nitrogen and oxygen atoms in total. The number of carbonyl (C=O) groups excluding carboxylic acids is 1. The van der Waals surface area contributed by atoms with E-state index in [-0.39, 0.29) is 22.2 Å². The highest BCUT2D eigenvalue weighted by atomic mass is 35.5. The third-order valence-electron chi connectivity index (χ3n) is 2.90. The topological polar surface area (TPSA) is 72.2 Å². The number of halogens is 1. The smallest absolute Gasteiger partial charge is 0.270 e. The molecular formula is C14H19ClN2O3. The van der Waals surface area contributed by atoms with E-state index in [2.05, 4.69) is 19.2 Å². The number of unbranched alkanes of at least 4 members (excludes halogenated alkanes) is 1. The Balaban J connectivity index is 2.55. The van der Waals surface area contributed by atoms with E-state index in [1.54, 1.807) is 0 Å². The number of rotatable bonds is 7. The van der Waals surface area contributed by atoms with E-state index < -0.39 is 4.92 Å². The summed E-state index contributed by atoms with van der Waals surface area (Å²) < 4.78 is 0. The predicted molar refractivity (Wildman–Crippen MR) is 79.1 cm³/mol. The molecule has 20 heavy (non-hydrogen) atoms. The van der Waals surface area contributed by atoms with Crippen molar-refractivity contribution in [3.63, 3.8) is 0 Å². The van der Waals surface area contributed by atoms with Crippen LogP contribution in [0, 0.1) is 16.0 Å². The molecule has 1 N–H and O–H groups in total. The van der Waals surface area contributed by atoms with Gasteiger partial charge in [-0.25, -0.2) is 0 Å². The first-order valence-electron chi connectivity index (χ1n) is 6.64. The Labute approximate surface area is 123 Å². The maximum atomic E-state index is 11.9. The second kappa shape index (κ2) is 7.85. The highest BCUT2D eigenvalue weighted by molar-refractivity contribution is 6.33. The molecule has 0 aliphatic carbocycles. The van der Waals surface area contributed by atoms with Gasteiger partial charge in [0.2, 0.25) is 0 Å². The minimum Gasteiger partial charge on any atom is -0.352 e. The molecule has 0 heterocycles. The number of carbonyl (C=O) groups is 1. The van der Waals surface area contributed by atoms with Crippen LogP contribution in [-0.4, -0.2) is 17.4 Å². The normalized spacial score (nSPS) is 10.6. The standard InChI is InChI=1S/C14H19ClN2O3/c1-10(2)5-3-4-8-16-14(18)12-9-11(17(19)20)6-7-13(12)15/h6-7,9-10H,3-5,8H2,1-2H3,(H,16,18). The van der Waals surface area contributed by atoms with Gasteiger partial charge in [-0.15, -0.1) is 0 Å². The number of nitro benzene ring substituents is 1. The monoisotopic (exact) mass is 298 g/mol. The molecule has 110 valence electrons. The van der Waals surface area contributed by atoms with Crippen LogP contribution in [0.4, 0.5) is 5.69 Å². The molecule has 1 aromatic carbocycles. The lowest BCUT2D eigenvalue weighted by molar-refractivity contribution is -0.384. The largest absolute Gasteiger partial charge is 0.352 e. The number of nitrogens with zero attached hydrogens (tertiary/aromatic N) is 1. The van der Waals surface area contributed by atoms with Crippen molar-refractivity contribution in [2.45, 2.75) is 33.1 Å². The maximum Gasteiger partial charge on any atom is 0.270 e. The zero-order valence-electron chi connectivity index (χ0n) is 11.7. The molecule has 0 bridgehead atoms. The van der Waals surface area contributed by atoms with Gasteiger partial charge in [-0.3, -0.25) is 14.9 Å². The zero-order chi connectivity index (χ0) is 15.1. The molecule has 6 heteroatoms. The fraction of sp³-hybridized carbons (Fsp3) is 0.500. The lowest BCUT2D eigenvalue weighted by Crippen LogP contribution is -2.24. The zero-order valence-corrected chi connectivity index (χ0v) is 12.4. The minimum absolute atomic E-state index is 0.139. The summed E-state index contributed by atoms with van der Waals surface area (Å²) in [4.78, 5) is 22.1. The second-order valence-corrected chi connectivity index (χ2v) is 5.47. The average Bonchev–Trinajstić information content (AvgIpc) is 2.37. The fourth-order valence-electron chi connectivity index (χ4n) is 1.78. The van der Waals surface area contributed by atoms with Crippen molar-refractivity contribution in [1.82, 2.24) is 5.32 Å². The fourth-order valence-corrected chi connectivity index (χ4v) is 1.98. The molecule has 0 fully saturated rings. The molecule has 0 aliphatic heterocycles. The Bertz CT molecular complexity index is 489. The van der Waals surface area contributed by atoms with Gasteiger partial charge in [-0.05, 0) is 18.4 Å². The van der Waals surface area contributed by atoms with E-state index in [0.717, 1.165) is 19.3 Å². The van der Waals surface area contributed by atoms with Gasteiger partial charge in [0.15, 0.2) is 0 Å². The summed E-state index contributed by atoms with van der Waals surface area (Å²) in [6.45, 7) is 4.85. The Hall–Kier alpha value is -1.62. The van der Waals surface area contributed by atoms with Crippen molar-refractivity contribution in [1.29, 1.82) is 0 Å². The van der Waals surface area contributed by atoms with Crippen molar-refractivity contribution in [3.05, 3.63) is 38.9 Å². The molecule has 1 amide bonds. The van der Waals surface area contributed by atoms with Crippen molar-refractivity contribution in [2.75, 3.05) is 6.54 Å². The molecule has 0 saturated carbocycles. The molecule has 0 unspecified atom stereocenters. The van der Waals surface area contributed by atoms with Gasteiger partial charge in [0, 0.05) is 18.7 Å². The third-order valence-corrected chi connectivity index (χ3v) is 3.23. The molecule has 1 rings (SSSR count). The van der Waals surface area contributed by atoms with Gasteiger partial charge in [0.1, 0.15) is 0 Å². The van der Waals surface area contributed by atoms with Crippen molar-refractivity contribution >= 4 is 23.2 Å². The summed E-state index contributed by atoms with van der Waals surface area (Å²) in [6, 6.07) is 3.85. The van der Waals surface area contributed by atoms with E-state index in [0.29, 0.717) is 12.5 Å². The lowest BCUT2D eigenvalue weighted by atomic mass is 10.1. The highest BCUT2D eigenvalue weighted by Gasteiger charge is 2.15. The van der Waals surface area contributed by atoms with Crippen LogP contribution in [-0.2, 0) is 0 Å². The van der Waals surface area contributed by atoms with Crippen LogP contribution in [0.1, 0.15) is 43.5 Å². The van der Waals surface area contributed by atoms with Crippen LogP contribution in [0.25, 0.3) is 0 Å². The quantitative estimate of drug-likeness (QED) is 0.473. The van der Waals surface area contributed by atoms with E-state index in [1.807, 2.05) is 0 Å². The summed E-state index contributed by atoms with van der Waals surface area (Å²) >= 11 is 5.89. The first-order valence-corrected chi connectivity index (χ1v) is 7.01. The van der Waals surface area contributed by atoms with Crippen LogP contribution in [0.2, 0.25) is 5.02 Å². The maximum absolute atomic E-state index is 11.9. The van der Waals surface area contributed by atoms with Gasteiger partial charge in [0.05, 0.1) is 15.5 Å². The summed E-state index contributed by atoms with van der Waals surface area (Å²) in [7, 11) is 0. The van der Waals surface area contributed by atoms with E-state index in [4.69, 9.17) is 11.6 Å². The Morgan fingerprint density at radius 3 is 2.70 bits per heavy atom. The van der Waals surface area contributed by atoms with Crippen molar-refractivity contribution < 1.29 is 9.72 Å². The molecule has 0 aromatic heterocycles. The SMILES string of the molecule is CC(C)CCCCNC(=O)c1cc([N+](=O)[O-])ccc1Cl. The van der Waals surface area contributed by atoms with Crippen LogP contribution in [0.5, 0.6) is 0 Å². The molecule has 1 aromatic rings. The van der Waals surface area contributed by atoms with Crippen LogP contribution in [0.3, 0.4) is 0 Å². The van der Waals surface area contributed by atoms with Crippen molar-refractivity contribution in [2.24, 2.45) is 5.92 Å². The molecule has 0 aliphatic rings. The summed E-state index contributed by atoms with van der Waals surface area (Å²) in [5.74, 6) is 0.278. The molecule has 0 saturated heterocycles. The summed E-state index contributed by atoms with van der Waals surface area (Å²) in [5, 5.41) is 13.6. The van der Waals surface area contributed by atoms with Crippen LogP contribution in [0.15, 0.2) is 18.2 Å². The van der Waals surface area contributed by atoms with Crippen LogP contribution >= 0.6 is 11.6 Å². The molecule has 0 radical (unpaired) electrons.